The van der Waals surface area contributed by atoms with Crippen LogP contribution in [0, 0.1) is 4.77 Å². The molecule has 0 amide bonds. The number of H-pyrrole nitrogens is 1. The van der Waals surface area contributed by atoms with Crippen LogP contribution in [0.25, 0.3) is 10.7 Å². The molecule has 0 aliphatic heterocycles. The third-order valence-electron chi connectivity index (χ3n) is 2.55. The first kappa shape index (κ1) is 11.5. The topological polar surface area (TPSA) is 33.6 Å². The second kappa shape index (κ2) is 4.51. The van der Waals surface area contributed by atoms with Gasteiger partial charge in [0.05, 0.1) is 4.88 Å². The molecular weight excluding hydrogens is 238 g/mol. The van der Waals surface area contributed by atoms with Crippen LogP contribution >= 0.6 is 23.6 Å². The van der Waals surface area contributed by atoms with Crippen LogP contribution in [0.5, 0.6) is 0 Å². The van der Waals surface area contributed by atoms with Crippen LogP contribution in [-0.4, -0.2) is 14.8 Å². The predicted octanol–water partition coefficient (Wildman–Crippen LogP) is 3.81. The molecule has 16 heavy (non-hydrogen) atoms. The molecule has 86 valence electrons. The fourth-order valence-corrected chi connectivity index (χ4v) is 3.08. The maximum atomic E-state index is 5.25. The fourth-order valence-electron chi connectivity index (χ4n) is 1.75. The normalized spacial score (nSPS) is 11.2. The minimum atomic E-state index is 0.327. The number of nitrogens with one attached hydrogen (secondary N) is 1. The Kier molecular flexibility index (Phi) is 3.25. The molecule has 0 saturated carbocycles. The molecule has 2 aromatic heterocycles. The van der Waals surface area contributed by atoms with Crippen LogP contribution in [-0.2, 0) is 6.42 Å². The lowest BCUT2D eigenvalue weighted by atomic mass is 10.2. The molecule has 0 aromatic carbocycles. The van der Waals surface area contributed by atoms with E-state index in [1.807, 2.05) is 0 Å². The van der Waals surface area contributed by atoms with Crippen LogP contribution in [0.4, 0.5) is 0 Å². The first-order chi connectivity index (χ1) is 7.65. The van der Waals surface area contributed by atoms with Crippen LogP contribution in [0.1, 0.15) is 32.4 Å². The van der Waals surface area contributed by atoms with Gasteiger partial charge in [0.1, 0.15) is 0 Å². The highest BCUT2D eigenvalue weighted by molar-refractivity contribution is 7.71. The second-order valence-electron chi connectivity index (χ2n) is 3.94. The Hall–Kier alpha value is -0.940. The van der Waals surface area contributed by atoms with Gasteiger partial charge in [-0.1, -0.05) is 6.92 Å². The SMILES string of the molecule is CCc1ccsc1-c1n[nH]c(=S)n1C(C)C. The number of thiophene rings is 1. The van der Waals surface area contributed by atoms with Gasteiger partial charge in [-0.2, -0.15) is 5.10 Å². The van der Waals surface area contributed by atoms with Crippen molar-refractivity contribution in [2.24, 2.45) is 0 Å². The van der Waals surface area contributed by atoms with Crippen molar-refractivity contribution in [2.75, 3.05) is 0 Å². The molecule has 0 fully saturated rings. The van der Waals surface area contributed by atoms with Gasteiger partial charge in [-0.3, -0.25) is 9.67 Å². The Morgan fingerprint density at radius 2 is 2.31 bits per heavy atom. The summed E-state index contributed by atoms with van der Waals surface area (Å²) in [6, 6.07) is 2.48. The summed E-state index contributed by atoms with van der Waals surface area (Å²) in [5.41, 5.74) is 1.33. The molecule has 5 heteroatoms. The van der Waals surface area contributed by atoms with E-state index in [9.17, 15) is 0 Å². The van der Waals surface area contributed by atoms with Crippen molar-refractivity contribution in [3.05, 3.63) is 21.8 Å². The van der Waals surface area contributed by atoms with Gasteiger partial charge in [0.25, 0.3) is 0 Å². The lowest BCUT2D eigenvalue weighted by molar-refractivity contribution is 0.597. The van der Waals surface area contributed by atoms with Crippen molar-refractivity contribution in [1.29, 1.82) is 0 Å². The zero-order valence-electron chi connectivity index (χ0n) is 9.65. The van der Waals surface area contributed by atoms with E-state index in [-0.39, 0.29) is 0 Å². The summed E-state index contributed by atoms with van der Waals surface area (Å²) in [6.45, 7) is 6.40. The first-order valence-corrected chi connectivity index (χ1v) is 6.67. The van der Waals surface area contributed by atoms with Gasteiger partial charge in [-0.25, -0.2) is 0 Å². The summed E-state index contributed by atoms with van der Waals surface area (Å²) >= 11 is 6.97. The van der Waals surface area contributed by atoms with Crippen molar-refractivity contribution in [2.45, 2.75) is 33.2 Å². The molecule has 3 nitrogen and oxygen atoms in total. The number of hydrogen-bond acceptors (Lipinski definition) is 3. The largest absolute Gasteiger partial charge is 0.297 e. The molecule has 1 N–H and O–H groups in total. The maximum absolute atomic E-state index is 5.25. The van der Waals surface area contributed by atoms with Crippen molar-refractivity contribution < 1.29 is 0 Å². The smallest absolute Gasteiger partial charge is 0.195 e. The second-order valence-corrected chi connectivity index (χ2v) is 5.25. The van der Waals surface area contributed by atoms with E-state index in [1.165, 1.54) is 10.4 Å². The van der Waals surface area contributed by atoms with Crippen LogP contribution in [0.3, 0.4) is 0 Å². The zero-order chi connectivity index (χ0) is 11.7. The summed E-state index contributed by atoms with van der Waals surface area (Å²) in [7, 11) is 0. The number of rotatable bonds is 3. The Balaban J connectivity index is 2.61. The highest BCUT2D eigenvalue weighted by Crippen LogP contribution is 2.30. The molecule has 0 atom stereocenters. The minimum Gasteiger partial charge on any atom is -0.297 e. The summed E-state index contributed by atoms with van der Waals surface area (Å²) in [6.07, 6.45) is 1.02. The third-order valence-corrected chi connectivity index (χ3v) is 3.79. The molecule has 2 aromatic rings. The van der Waals surface area contributed by atoms with E-state index in [4.69, 9.17) is 12.2 Å². The number of aromatic nitrogens is 3. The summed E-state index contributed by atoms with van der Waals surface area (Å²) in [4.78, 5) is 1.23. The lowest BCUT2D eigenvalue weighted by Crippen LogP contribution is -2.03. The third kappa shape index (κ3) is 1.85. The highest BCUT2D eigenvalue weighted by Gasteiger charge is 2.15. The van der Waals surface area contributed by atoms with E-state index in [0.717, 1.165) is 12.2 Å². The van der Waals surface area contributed by atoms with Crippen LogP contribution in [0.2, 0.25) is 0 Å². The Morgan fingerprint density at radius 1 is 1.56 bits per heavy atom. The molecule has 0 aliphatic carbocycles. The van der Waals surface area contributed by atoms with E-state index < -0.39 is 0 Å². The van der Waals surface area contributed by atoms with Gasteiger partial charge in [0, 0.05) is 6.04 Å². The van der Waals surface area contributed by atoms with Gasteiger partial charge in [0.15, 0.2) is 10.6 Å². The Bertz CT molecular complexity index is 533. The summed E-state index contributed by atoms with van der Waals surface area (Å²) in [5.74, 6) is 0.965. The van der Waals surface area contributed by atoms with Gasteiger partial charge >= 0.3 is 0 Å². The predicted molar refractivity (Wildman–Crippen MR) is 70.5 cm³/mol. The van der Waals surface area contributed by atoms with Gasteiger partial charge in [0.2, 0.25) is 0 Å². The molecule has 2 rings (SSSR count). The molecule has 0 radical (unpaired) electrons. The maximum Gasteiger partial charge on any atom is 0.195 e. The fraction of sp³-hybridized carbons (Fsp3) is 0.455. The van der Waals surface area contributed by atoms with Crippen molar-refractivity contribution in [1.82, 2.24) is 14.8 Å². The Morgan fingerprint density at radius 3 is 2.94 bits per heavy atom. The van der Waals surface area contributed by atoms with Crippen LogP contribution in [0.15, 0.2) is 11.4 Å². The zero-order valence-corrected chi connectivity index (χ0v) is 11.3. The van der Waals surface area contributed by atoms with Crippen molar-refractivity contribution >= 4 is 23.6 Å². The van der Waals surface area contributed by atoms with Crippen LogP contribution < -0.4 is 0 Å². The number of aromatic amines is 1. The minimum absolute atomic E-state index is 0.327. The van der Waals surface area contributed by atoms with E-state index in [0.29, 0.717) is 10.8 Å². The molecule has 0 unspecified atom stereocenters. The van der Waals surface area contributed by atoms with Gasteiger partial charge < -0.3 is 0 Å². The molecule has 0 spiro atoms. The van der Waals surface area contributed by atoms with Gasteiger partial charge in [-0.05, 0) is 49.5 Å². The van der Waals surface area contributed by atoms with Crippen molar-refractivity contribution in [3.63, 3.8) is 0 Å². The molecule has 2 heterocycles. The molecule has 0 bridgehead atoms. The average molecular weight is 253 g/mol. The lowest BCUT2D eigenvalue weighted by Gasteiger charge is -2.09. The standard InChI is InChI=1S/C11H15N3S2/c1-4-8-5-6-16-9(8)10-12-13-11(15)14(10)7(2)3/h5-7H,4H2,1-3H3,(H,13,15). The van der Waals surface area contributed by atoms with E-state index >= 15 is 0 Å². The summed E-state index contributed by atoms with van der Waals surface area (Å²) in [5, 5.41) is 9.33. The highest BCUT2D eigenvalue weighted by atomic mass is 32.1. The van der Waals surface area contributed by atoms with Crippen molar-refractivity contribution in [3.8, 4) is 10.7 Å². The monoisotopic (exact) mass is 253 g/mol. The summed E-state index contributed by atoms with van der Waals surface area (Å²) < 4.78 is 2.76. The number of nitrogens with zero attached hydrogens (tertiary/aromatic N) is 2. The van der Waals surface area contributed by atoms with Gasteiger partial charge in [-0.15, -0.1) is 11.3 Å². The molecular formula is C11H15N3S2. The molecule has 0 aliphatic rings. The number of aryl methyl sites for hydroxylation is 1. The average Bonchev–Trinajstić information content (AvgIpc) is 2.82. The number of hydrogen-bond donors (Lipinski definition) is 1. The Labute approximate surface area is 104 Å². The van der Waals surface area contributed by atoms with E-state index in [2.05, 4.69) is 47.0 Å². The first-order valence-electron chi connectivity index (χ1n) is 5.38. The van der Waals surface area contributed by atoms with E-state index in [1.54, 1.807) is 11.3 Å². The molecule has 0 saturated heterocycles. The quantitative estimate of drug-likeness (QED) is 0.844.